The summed E-state index contributed by atoms with van der Waals surface area (Å²) in [4.78, 5) is 11.7. The molecule has 1 atom stereocenters. The Hall–Kier alpha value is -1.07. The second-order valence-electron chi connectivity index (χ2n) is 4.09. The highest BCUT2D eigenvalue weighted by molar-refractivity contribution is 5.92. The Bertz CT molecular complexity index is 361. The zero-order valence-electron chi connectivity index (χ0n) is 9.19. The van der Waals surface area contributed by atoms with E-state index in [4.69, 9.17) is 5.73 Å². The first-order chi connectivity index (χ1) is 7.20. The minimum absolute atomic E-state index is 0. The van der Waals surface area contributed by atoms with Gasteiger partial charge >= 0.3 is 0 Å². The van der Waals surface area contributed by atoms with E-state index in [2.05, 4.69) is 15.5 Å². The molecule has 1 fully saturated rings. The SMILES string of the molecule is Cc1cc(C(=O)NC(CN)C2CC2)n[nH]1.Cl. The van der Waals surface area contributed by atoms with E-state index in [1.165, 1.54) is 12.8 Å². The fraction of sp³-hybridized carbons (Fsp3) is 0.600. The van der Waals surface area contributed by atoms with E-state index in [-0.39, 0.29) is 24.4 Å². The number of carbonyl (C=O) groups excluding carboxylic acids is 1. The molecule has 1 aromatic heterocycles. The summed E-state index contributed by atoms with van der Waals surface area (Å²) < 4.78 is 0. The van der Waals surface area contributed by atoms with Crippen molar-refractivity contribution in [2.24, 2.45) is 11.7 Å². The van der Waals surface area contributed by atoms with Crippen molar-refractivity contribution in [2.75, 3.05) is 6.54 Å². The molecule has 1 heterocycles. The van der Waals surface area contributed by atoms with Crippen LogP contribution in [0.1, 0.15) is 29.0 Å². The van der Waals surface area contributed by atoms with Gasteiger partial charge in [0.05, 0.1) is 0 Å². The average molecular weight is 245 g/mol. The van der Waals surface area contributed by atoms with Crippen LogP contribution in [-0.2, 0) is 0 Å². The summed E-state index contributed by atoms with van der Waals surface area (Å²) in [7, 11) is 0. The molecule has 0 spiro atoms. The van der Waals surface area contributed by atoms with Gasteiger partial charge in [-0.2, -0.15) is 5.10 Å². The number of nitrogens with zero attached hydrogens (tertiary/aromatic N) is 1. The molecule has 0 bridgehead atoms. The van der Waals surface area contributed by atoms with Gasteiger partial charge < -0.3 is 11.1 Å². The van der Waals surface area contributed by atoms with Gasteiger partial charge in [0.2, 0.25) is 0 Å². The Morgan fingerprint density at radius 1 is 1.75 bits per heavy atom. The quantitative estimate of drug-likeness (QED) is 0.726. The average Bonchev–Trinajstić information content (AvgIpc) is 2.97. The predicted molar refractivity (Wildman–Crippen MR) is 63.6 cm³/mol. The topological polar surface area (TPSA) is 83.8 Å². The largest absolute Gasteiger partial charge is 0.346 e. The molecule has 2 rings (SSSR count). The summed E-state index contributed by atoms with van der Waals surface area (Å²) in [6.45, 7) is 2.37. The molecule has 4 N–H and O–H groups in total. The van der Waals surface area contributed by atoms with Crippen LogP contribution in [-0.4, -0.2) is 28.7 Å². The van der Waals surface area contributed by atoms with Gasteiger partial charge in [-0.3, -0.25) is 9.89 Å². The first-order valence-corrected chi connectivity index (χ1v) is 5.23. The Balaban J connectivity index is 0.00000128. The number of hydrogen-bond donors (Lipinski definition) is 3. The van der Waals surface area contributed by atoms with Gasteiger partial charge in [0, 0.05) is 18.3 Å². The van der Waals surface area contributed by atoms with Crippen LogP contribution in [0.25, 0.3) is 0 Å². The van der Waals surface area contributed by atoms with Gasteiger partial charge in [0.15, 0.2) is 0 Å². The second kappa shape index (κ2) is 5.32. The van der Waals surface area contributed by atoms with Crippen LogP contribution < -0.4 is 11.1 Å². The lowest BCUT2D eigenvalue weighted by Crippen LogP contribution is -2.41. The van der Waals surface area contributed by atoms with Gasteiger partial charge in [-0.1, -0.05) is 0 Å². The first kappa shape index (κ1) is 13.0. The summed E-state index contributed by atoms with van der Waals surface area (Å²) in [6, 6.07) is 1.84. The molecule has 0 saturated heterocycles. The number of aromatic nitrogens is 2. The smallest absolute Gasteiger partial charge is 0.272 e. The highest BCUT2D eigenvalue weighted by Crippen LogP contribution is 2.32. The van der Waals surface area contributed by atoms with Gasteiger partial charge in [-0.15, -0.1) is 12.4 Å². The molecule has 1 aliphatic rings. The lowest BCUT2D eigenvalue weighted by molar-refractivity contribution is 0.0928. The molecule has 0 aliphatic heterocycles. The van der Waals surface area contributed by atoms with Crippen LogP contribution in [0.5, 0.6) is 0 Å². The summed E-state index contributed by atoms with van der Waals surface area (Å²) in [5.74, 6) is 0.431. The fourth-order valence-electron chi connectivity index (χ4n) is 1.64. The predicted octanol–water partition coefficient (Wildman–Crippen LogP) is 0.607. The van der Waals surface area contributed by atoms with Gasteiger partial charge in [0.1, 0.15) is 5.69 Å². The Labute approximate surface area is 101 Å². The van der Waals surface area contributed by atoms with Gasteiger partial charge in [-0.25, -0.2) is 0 Å². The lowest BCUT2D eigenvalue weighted by atomic mass is 10.2. The van der Waals surface area contributed by atoms with Crippen molar-refractivity contribution in [1.29, 1.82) is 0 Å². The molecule has 1 unspecified atom stereocenters. The monoisotopic (exact) mass is 244 g/mol. The number of nitrogens with one attached hydrogen (secondary N) is 2. The second-order valence-corrected chi connectivity index (χ2v) is 4.09. The molecule has 1 amide bonds. The minimum atomic E-state index is -0.137. The first-order valence-electron chi connectivity index (χ1n) is 5.23. The van der Waals surface area contributed by atoms with Crippen molar-refractivity contribution in [3.8, 4) is 0 Å². The van der Waals surface area contributed by atoms with E-state index in [0.29, 0.717) is 18.2 Å². The maximum atomic E-state index is 11.7. The molecule has 90 valence electrons. The fourth-order valence-corrected chi connectivity index (χ4v) is 1.64. The third-order valence-corrected chi connectivity index (χ3v) is 2.70. The summed E-state index contributed by atoms with van der Waals surface area (Å²) in [5, 5.41) is 9.56. The third kappa shape index (κ3) is 2.96. The molecular formula is C10H17ClN4O. The molecule has 1 aromatic rings. The van der Waals surface area contributed by atoms with Crippen LogP contribution in [0, 0.1) is 12.8 Å². The van der Waals surface area contributed by atoms with E-state index < -0.39 is 0 Å². The maximum absolute atomic E-state index is 11.7. The number of rotatable bonds is 4. The van der Waals surface area contributed by atoms with E-state index >= 15 is 0 Å². The van der Waals surface area contributed by atoms with Gasteiger partial charge in [-0.05, 0) is 31.7 Å². The van der Waals surface area contributed by atoms with Crippen molar-refractivity contribution < 1.29 is 4.79 Å². The van der Waals surface area contributed by atoms with Crippen LogP contribution in [0.4, 0.5) is 0 Å². The molecule has 0 radical (unpaired) electrons. The van der Waals surface area contributed by atoms with Crippen molar-refractivity contribution in [2.45, 2.75) is 25.8 Å². The number of aryl methyl sites for hydroxylation is 1. The van der Waals surface area contributed by atoms with Crippen LogP contribution in [0.2, 0.25) is 0 Å². The molecule has 6 heteroatoms. The highest BCUT2D eigenvalue weighted by atomic mass is 35.5. The summed E-state index contributed by atoms with van der Waals surface area (Å²) in [5.41, 5.74) is 6.92. The van der Waals surface area contributed by atoms with Crippen molar-refractivity contribution in [1.82, 2.24) is 15.5 Å². The van der Waals surface area contributed by atoms with Crippen LogP contribution in [0.3, 0.4) is 0 Å². The minimum Gasteiger partial charge on any atom is -0.346 e. The molecule has 16 heavy (non-hydrogen) atoms. The summed E-state index contributed by atoms with van der Waals surface area (Å²) >= 11 is 0. The zero-order chi connectivity index (χ0) is 10.8. The zero-order valence-corrected chi connectivity index (χ0v) is 10.0. The highest BCUT2D eigenvalue weighted by Gasteiger charge is 2.31. The number of amides is 1. The lowest BCUT2D eigenvalue weighted by Gasteiger charge is -2.14. The number of hydrogen-bond acceptors (Lipinski definition) is 3. The third-order valence-electron chi connectivity index (χ3n) is 2.70. The number of carbonyl (C=O) groups is 1. The molecule has 1 saturated carbocycles. The van der Waals surface area contributed by atoms with Gasteiger partial charge in [0.25, 0.3) is 5.91 Å². The molecule has 1 aliphatic carbocycles. The molecular weight excluding hydrogens is 228 g/mol. The van der Waals surface area contributed by atoms with E-state index in [1.807, 2.05) is 6.92 Å². The number of aromatic amines is 1. The Morgan fingerprint density at radius 2 is 2.44 bits per heavy atom. The van der Waals surface area contributed by atoms with Crippen molar-refractivity contribution in [3.05, 3.63) is 17.5 Å². The maximum Gasteiger partial charge on any atom is 0.272 e. The standard InChI is InChI=1S/C10H16N4O.ClH/c1-6-4-8(14-13-6)10(15)12-9(5-11)7-2-3-7;/h4,7,9H,2-3,5,11H2,1H3,(H,12,15)(H,13,14);1H. The number of halogens is 1. The van der Waals surface area contributed by atoms with E-state index in [9.17, 15) is 4.79 Å². The van der Waals surface area contributed by atoms with Crippen molar-refractivity contribution >= 4 is 18.3 Å². The molecule has 5 nitrogen and oxygen atoms in total. The van der Waals surface area contributed by atoms with E-state index in [0.717, 1.165) is 5.69 Å². The number of nitrogens with two attached hydrogens (primary N) is 1. The van der Waals surface area contributed by atoms with E-state index in [1.54, 1.807) is 6.07 Å². The van der Waals surface area contributed by atoms with Crippen molar-refractivity contribution in [3.63, 3.8) is 0 Å². The Morgan fingerprint density at radius 3 is 2.88 bits per heavy atom. The normalized spacial score (nSPS) is 16.4. The molecule has 0 aromatic carbocycles. The summed E-state index contributed by atoms with van der Waals surface area (Å²) in [6.07, 6.45) is 2.34. The van der Waals surface area contributed by atoms with Crippen LogP contribution in [0.15, 0.2) is 6.07 Å². The Kier molecular flexibility index (Phi) is 4.32. The van der Waals surface area contributed by atoms with Crippen LogP contribution >= 0.6 is 12.4 Å². The number of H-pyrrole nitrogens is 1.